The van der Waals surface area contributed by atoms with Gasteiger partial charge in [-0.05, 0) is 237 Å². The number of carbonyl (C=O) groups excluding carboxylic acids is 3. The predicted molar refractivity (Wildman–Crippen MR) is 569 cm³/mol. The second-order valence-corrected chi connectivity index (χ2v) is 42.4. The number of likely N-dealkylation sites (N-methyl/N-ethyl adjacent to an activating group) is 1. The largest absolute Gasteiger partial charge is 0.508 e. The van der Waals surface area contributed by atoms with Crippen LogP contribution in [0.1, 0.15) is 165 Å². The molecule has 18 rings (SSSR count). The van der Waals surface area contributed by atoms with Gasteiger partial charge in [-0.1, -0.05) is 111 Å². The minimum atomic E-state index is -5.34. The van der Waals surface area contributed by atoms with E-state index in [2.05, 4.69) is 187 Å². The van der Waals surface area contributed by atoms with Crippen molar-refractivity contribution in [2.24, 2.45) is 5.41 Å². The quantitative estimate of drug-likeness (QED) is 0.0118. The summed E-state index contributed by atoms with van der Waals surface area (Å²) < 4.78 is 53.6. The molecule has 0 spiro atoms. The van der Waals surface area contributed by atoms with E-state index in [4.69, 9.17) is 33.9 Å². The molecule has 146 heavy (non-hydrogen) atoms. The molecule has 3 atom stereocenters. The third-order valence-corrected chi connectivity index (χ3v) is 30.6. The number of allylic oxidation sites excluding steroid dienone is 3. The summed E-state index contributed by atoms with van der Waals surface area (Å²) in [5, 5.41) is 45.8. The molecule has 4 aliphatic heterocycles. The standard InChI is InChI=1S/C113H109N11O19P2S/c1-15-89-84-52-93-86(50-82(84)62(3)54-112(89,5)6)100(87-51-83-63(4)55-113(7,8)124(16-2)90(83)53-94(87)141-93)101-97(67-27-36-74(37-28-67)122(13)14)104(96(66-25-34-73(35-26-66)121(11)12)95(102(101)111(132)133)65-23-32-72(33-24-65)120(9)10)146-78-41-29-69(30-42-78)107(127)116-56-64-19-21-68(22-20-64)108(128)117-57-88-91(126)46-45-81-99(80-44-38-75(125)49-92(80)142-103(81)88)85-48-70(31-43-79(85)110(130)131)109(129)115-47-17-18-71-58-123(106-98(71)105(114)118-61-119-106)59-76-39-40-77(140-76)60-139-145(137,138)143-144(134,135)136/h19-38,41-46,48-55,58,61,76-77,125H,15-16,39-40,47,56-57,59-60H2,1-14H3,(H,115,129)(H,116,127)(H,117,128)(H,130,131)(H,132,133)(H,137,138)(H2,114,118,119)(H2,134,135,136). The summed E-state index contributed by atoms with van der Waals surface area (Å²) in [6.07, 6.45) is 7.96. The van der Waals surface area contributed by atoms with E-state index in [1.54, 1.807) is 47.2 Å². The third kappa shape index (κ3) is 20.1. The average molecular weight is 2020 g/mol. The lowest BCUT2D eigenvalue weighted by Gasteiger charge is -2.43. The Hall–Kier alpha value is -15.2. The number of fused-ring (bicyclic) bond motifs is 7. The fourth-order valence-corrected chi connectivity index (χ4v) is 23.3. The molecule has 1 saturated heterocycles. The van der Waals surface area contributed by atoms with Crippen molar-refractivity contribution in [2.75, 3.05) is 87.3 Å². The summed E-state index contributed by atoms with van der Waals surface area (Å²) in [5.74, 6) is 2.81. The van der Waals surface area contributed by atoms with E-state index in [0.717, 1.165) is 88.4 Å². The average Bonchev–Trinajstić information content (AvgIpc) is 1.09. The number of phenols is 1. The number of aromatic hydroxyl groups is 1. The van der Waals surface area contributed by atoms with E-state index in [-0.39, 0.29) is 98.0 Å². The first-order valence-electron chi connectivity index (χ1n) is 47.6. The van der Waals surface area contributed by atoms with Crippen LogP contribution in [0.5, 0.6) is 17.2 Å². The Morgan fingerprint density at radius 1 is 0.610 bits per heavy atom. The number of nitrogens with two attached hydrogens (primary N) is 1. The Morgan fingerprint density at radius 3 is 1.83 bits per heavy atom. The highest BCUT2D eigenvalue weighted by atomic mass is 32.2. The number of aromatic carboxylic acids is 2. The van der Waals surface area contributed by atoms with E-state index in [0.29, 0.717) is 97.4 Å². The van der Waals surface area contributed by atoms with Gasteiger partial charge >= 0.3 is 27.6 Å². The molecule has 0 bridgehead atoms. The van der Waals surface area contributed by atoms with E-state index in [1.165, 1.54) is 72.2 Å². The molecule has 1 fully saturated rings. The molecule has 11 N–H and O–H groups in total. The number of benzene rings is 11. The number of aromatic nitrogens is 3. The highest BCUT2D eigenvalue weighted by Crippen LogP contribution is 2.60. The molecule has 0 saturated carbocycles. The molecule has 10 aromatic carbocycles. The van der Waals surface area contributed by atoms with E-state index in [9.17, 15) is 53.3 Å². The van der Waals surface area contributed by atoms with Crippen LogP contribution in [0.15, 0.2) is 238 Å². The number of nitrogens with one attached hydrogen (secondary N) is 3. The van der Waals surface area contributed by atoms with Crippen molar-refractivity contribution < 1.29 is 85.8 Å². The Bertz CT molecular complexity index is 8120. The number of nitrogens with zero attached hydrogens (tertiary/aromatic N) is 7. The molecule has 2 aromatic heterocycles. The maximum absolute atomic E-state index is 15.9. The summed E-state index contributed by atoms with van der Waals surface area (Å²) >= 11 is 1.49. The third-order valence-electron chi connectivity index (χ3n) is 27.3. The van der Waals surface area contributed by atoms with Gasteiger partial charge in [0.15, 0.2) is 5.43 Å². The van der Waals surface area contributed by atoms with E-state index >= 15 is 4.79 Å². The Balaban J connectivity index is 0.635. The highest BCUT2D eigenvalue weighted by Gasteiger charge is 2.41. The van der Waals surface area contributed by atoms with Crippen molar-refractivity contribution in [3.8, 4) is 84.9 Å². The van der Waals surface area contributed by atoms with E-state index < -0.39 is 76.1 Å². The predicted octanol–water partition coefficient (Wildman–Crippen LogP) is 19.1. The van der Waals surface area contributed by atoms with Gasteiger partial charge in [0.1, 0.15) is 46.4 Å². The van der Waals surface area contributed by atoms with Crippen LogP contribution in [0.2, 0.25) is 0 Å². The van der Waals surface area contributed by atoms with Crippen LogP contribution in [0, 0.1) is 17.3 Å². The molecular weight excluding hydrogens is 1910 g/mol. The van der Waals surface area contributed by atoms with Gasteiger partial charge in [-0.15, -0.1) is 0 Å². The lowest BCUT2D eigenvalue weighted by molar-refractivity contribution is 0.00477. The van der Waals surface area contributed by atoms with Crippen molar-refractivity contribution in [3.05, 3.63) is 306 Å². The number of phosphoric ester groups is 1. The van der Waals surface area contributed by atoms with Crippen molar-refractivity contribution in [2.45, 2.75) is 122 Å². The monoisotopic (exact) mass is 2020 g/mol. The van der Waals surface area contributed by atoms with Gasteiger partial charge in [-0.3, -0.25) is 23.7 Å². The normalized spacial score (nSPS) is 15.3. The molecule has 3 unspecified atom stereocenters. The van der Waals surface area contributed by atoms with Crippen LogP contribution >= 0.6 is 27.4 Å². The van der Waals surface area contributed by atoms with Gasteiger partial charge in [-0.2, -0.15) is 4.31 Å². The number of hydrogen-bond donors (Lipinski definition) is 10. The molecule has 3 amide bonds. The molecule has 33 heteroatoms. The van der Waals surface area contributed by atoms with Gasteiger partial charge in [0, 0.05) is 189 Å². The number of amides is 3. The maximum Gasteiger partial charge on any atom is 0.481 e. The van der Waals surface area contributed by atoms with Crippen LogP contribution in [0.3, 0.4) is 0 Å². The summed E-state index contributed by atoms with van der Waals surface area (Å²) in [5.41, 5.74) is 22.6. The fraction of sp³-hybridized carbons (Fsp3) is 0.239. The molecule has 0 radical (unpaired) electrons. The SMILES string of the molecule is CCC1=c2cc3c(cc2C(C)=CC1(C)C)=C(c1c(C(=O)O)c(-c2ccc(N(C)C)cc2)c(-c2ccc(N(C)C)cc2)c(Sc2ccc(C(=O)NCc4ccc(C(=O)NCc5c6oc7cc(O)ccc7c(-c7cc(C(=O)NCC#Cc8cn(CC9CCC(COP(=O)(O)OP(=O)(O)O)O9)c9ncnc(N)c89)ccc7C(=O)O)c-6ccc5=O)cc4)cc2)c1-c1ccc(N(C)C)cc1)c1cc2c(cc1O3)N(CC)C(C)(C)C=C2C. The molecule has 746 valence electrons. The van der Waals surface area contributed by atoms with Crippen LogP contribution in [0.25, 0.3) is 100 Å². The van der Waals surface area contributed by atoms with Crippen LogP contribution in [-0.4, -0.2) is 154 Å². The number of rotatable bonds is 29. The first-order chi connectivity index (χ1) is 69.5. The number of phenolic OH excluding ortho intramolecular Hbond substituents is 1. The highest BCUT2D eigenvalue weighted by molar-refractivity contribution is 7.99. The minimum Gasteiger partial charge on any atom is -0.508 e. The van der Waals surface area contributed by atoms with Gasteiger partial charge in [0.2, 0.25) is 0 Å². The number of ether oxygens (including phenoxy) is 2. The first-order valence-corrected chi connectivity index (χ1v) is 51.4. The number of carbonyl (C=O) groups is 5. The van der Waals surface area contributed by atoms with Gasteiger partial charge < -0.3 is 89.7 Å². The number of hydrogen-bond acceptors (Lipinski definition) is 22. The Labute approximate surface area is 846 Å². The van der Waals surface area contributed by atoms with Crippen LogP contribution in [0.4, 0.5) is 28.6 Å². The summed E-state index contributed by atoms with van der Waals surface area (Å²) in [7, 11) is 1.45. The van der Waals surface area contributed by atoms with Gasteiger partial charge in [-0.25, -0.2) is 28.7 Å². The maximum atomic E-state index is 15.9. The second-order valence-electron chi connectivity index (χ2n) is 38.4. The van der Waals surface area contributed by atoms with Crippen LogP contribution in [-0.2, 0) is 42.3 Å². The number of nitrogen functional groups attached to an aromatic ring is 1. The van der Waals surface area contributed by atoms with E-state index in [1.807, 2.05) is 93.4 Å². The molecule has 6 heterocycles. The topological polar surface area (TPSA) is 414 Å². The molecular formula is C113H109N11O19P2S. The zero-order chi connectivity index (χ0) is 104. The van der Waals surface area contributed by atoms with Crippen LogP contribution < -0.4 is 61.9 Å². The van der Waals surface area contributed by atoms with Crippen molar-refractivity contribution in [3.63, 3.8) is 0 Å². The summed E-state index contributed by atoms with van der Waals surface area (Å²) in [6, 6.07) is 58.2. The summed E-state index contributed by atoms with van der Waals surface area (Å²) in [4.78, 5) is 133. The Morgan fingerprint density at radius 2 is 1.21 bits per heavy atom. The molecule has 2 aliphatic carbocycles. The molecule has 12 aromatic rings. The lowest BCUT2D eigenvalue weighted by atomic mass is 9.74. The Kier molecular flexibility index (Phi) is 27.7. The number of carboxylic acid groups (broad SMARTS) is 2. The van der Waals surface area contributed by atoms with Gasteiger partial charge in [0.05, 0.1) is 71.6 Å². The minimum absolute atomic E-state index is 0.0107. The number of carboxylic acids is 2. The zero-order valence-corrected chi connectivity index (χ0v) is 85.4. The number of anilines is 5. The molecule has 6 aliphatic rings. The second kappa shape index (κ2) is 40.1. The smallest absolute Gasteiger partial charge is 0.481 e. The lowest BCUT2D eigenvalue weighted by Crippen LogP contribution is -2.45. The first kappa shape index (κ1) is 101. The number of phosphoric acid groups is 2. The fourth-order valence-electron chi connectivity index (χ4n) is 20.5. The zero-order valence-electron chi connectivity index (χ0n) is 82.8. The van der Waals surface area contributed by atoms with Gasteiger partial charge in [0.25, 0.3) is 17.7 Å². The molecule has 30 nitrogen and oxygen atoms in total. The summed E-state index contributed by atoms with van der Waals surface area (Å²) in [6.45, 7) is 17.4. The van der Waals surface area contributed by atoms with Crippen molar-refractivity contribution in [1.29, 1.82) is 0 Å². The van der Waals surface area contributed by atoms with Crippen molar-refractivity contribution >= 4 is 130 Å². The van der Waals surface area contributed by atoms with Crippen molar-refractivity contribution in [1.82, 2.24) is 30.5 Å².